The molecule has 4 rings (SSSR count). The molecular weight excluding hydrogens is 459 g/mol. The van der Waals surface area contributed by atoms with E-state index in [1.807, 2.05) is 13.8 Å². The van der Waals surface area contributed by atoms with E-state index in [-0.39, 0.29) is 17.5 Å². The van der Waals surface area contributed by atoms with Crippen molar-refractivity contribution in [2.24, 2.45) is 0 Å². The molecule has 0 atom stereocenters. The van der Waals surface area contributed by atoms with Crippen LogP contribution in [0.25, 0.3) is 5.78 Å². The normalized spacial score (nSPS) is 10.8. The molecule has 2 aromatic carbocycles. The first-order valence-corrected chi connectivity index (χ1v) is 11.6. The number of benzene rings is 2. The minimum Gasteiger partial charge on any atom is -0.457 e. The molecule has 0 saturated heterocycles. The number of amides is 1. The lowest BCUT2D eigenvalue weighted by Gasteiger charge is -2.10. The van der Waals surface area contributed by atoms with Gasteiger partial charge in [-0.1, -0.05) is 17.8 Å². The molecule has 4 aromatic rings. The number of carbonyl (C=O) groups is 1. The van der Waals surface area contributed by atoms with Crippen molar-refractivity contribution in [3.8, 4) is 11.5 Å². The fourth-order valence-electron chi connectivity index (χ4n) is 3.00. The maximum absolute atomic E-state index is 13.3. The number of anilines is 3. The molecule has 3 N–H and O–H groups in total. The fraction of sp³-hybridized carbons (Fsp3) is 0.227. The van der Waals surface area contributed by atoms with Gasteiger partial charge in [0, 0.05) is 24.8 Å². The van der Waals surface area contributed by atoms with Gasteiger partial charge in [-0.3, -0.25) is 4.79 Å². The van der Waals surface area contributed by atoms with Crippen LogP contribution in [0.1, 0.15) is 13.8 Å². The van der Waals surface area contributed by atoms with Gasteiger partial charge in [-0.05, 0) is 50.2 Å². The van der Waals surface area contributed by atoms with Crippen molar-refractivity contribution in [2.45, 2.75) is 19.0 Å². The predicted octanol–water partition coefficient (Wildman–Crippen LogP) is 4.05. The van der Waals surface area contributed by atoms with Gasteiger partial charge >= 0.3 is 0 Å². The summed E-state index contributed by atoms with van der Waals surface area (Å²) in [4.78, 5) is 21.3. The predicted molar refractivity (Wildman–Crippen MR) is 129 cm³/mol. The molecule has 0 aliphatic carbocycles. The number of hydrogen-bond acceptors (Lipinski definition) is 9. The maximum Gasteiger partial charge on any atom is 0.261 e. The van der Waals surface area contributed by atoms with E-state index in [1.54, 1.807) is 40.8 Å². The molecule has 2 heterocycles. The number of fused-ring (bicyclic) bond motifs is 1. The van der Waals surface area contributed by atoms with Crippen LogP contribution in [0.5, 0.6) is 11.5 Å². The third-order valence-corrected chi connectivity index (χ3v) is 5.35. The van der Waals surface area contributed by atoms with Crippen molar-refractivity contribution in [3.05, 3.63) is 54.3 Å². The van der Waals surface area contributed by atoms with Crippen LogP contribution in [0, 0.1) is 5.82 Å². The number of carbonyl (C=O) groups excluding carboxylic acids is 1. The van der Waals surface area contributed by atoms with Crippen molar-refractivity contribution in [1.82, 2.24) is 24.6 Å². The summed E-state index contributed by atoms with van der Waals surface area (Å²) in [5.74, 6) is 1.84. The molecular formula is C22H23FN8O2S. The first-order chi connectivity index (χ1) is 16.6. The Morgan fingerprint density at radius 2 is 1.82 bits per heavy atom. The van der Waals surface area contributed by atoms with Gasteiger partial charge in [0.15, 0.2) is 5.16 Å². The van der Waals surface area contributed by atoms with E-state index in [9.17, 15) is 9.18 Å². The second-order valence-corrected chi connectivity index (χ2v) is 7.91. The second kappa shape index (κ2) is 10.8. The van der Waals surface area contributed by atoms with E-state index < -0.39 is 0 Å². The quantitative estimate of drug-likeness (QED) is 0.288. The van der Waals surface area contributed by atoms with Crippen LogP contribution in [0.2, 0.25) is 0 Å². The van der Waals surface area contributed by atoms with Crippen LogP contribution in [-0.4, -0.2) is 49.3 Å². The molecule has 176 valence electrons. The molecule has 0 spiro atoms. The standard InChI is InChI=1S/C22H23FN8O2S/c1-3-24-19-27-20(25-4-2)31-21(28-19)29-30-22(31)34-13-18(32)26-15-8-10-16(11-9-15)33-17-7-5-6-14(23)12-17/h5-12H,3-4,13H2,1-2H3,(H,26,32)(H2,24,25,27,28,29). The van der Waals surface area contributed by atoms with Gasteiger partial charge in [0.1, 0.15) is 17.3 Å². The minimum atomic E-state index is -0.374. The number of aromatic nitrogens is 5. The Balaban J connectivity index is 1.38. The van der Waals surface area contributed by atoms with Crippen molar-refractivity contribution in [2.75, 3.05) is 34.8 Å². The Hall–Kier alpha value is -3.93. The molecule has 0 saturated carbocycles. The summed E-state index contributed by atoms with van der Waals surface area (Å²) in [6.45, 7) is 5.24. The van der Waals surface area contributed by atoms with Gasteiger partial charge in [-0.2, -0.15) is 9.97 Å². The number of thioether (sulfide) groups is 1. The molecule has 0 unspecified atom stereocenters. The van der Waals surface area contributed by atoms with Gasteiger partial charge < -0.3 is 20.7 Å². The van der Waals surface area contributed by atoms with Crippen molar-refractivity contribution >= 4 is 41.0 Å². The molecule has 0 aliphatic heterocycles. The Morgan fingerprint density at radius 3 is 2.56 bits per heavy atom. The number of hydrogen-bond donors (Lipinski definition) is 3. The SMILES string of the molecule is CCNc1nc(NCC)n2c(SCC(=O)Nc3ccc(Oc4cccc(F)c4)cc3)nnc2n1. The van der Waals surface area contributed by atoms with Crippen LogP contribution in [0.4, 0.5) is 22.0 Å². The average Bonchev–Trinajstić information content (AvgIpc) is 3.23. The minimum absolute atomic E-state index is 0.114. The Morgan fingerprint density at radius 1 is 1.03 bits per heavy atom. The first-order valence-electron chi connectivity index (χ1n) is 10.6. The van der Waals surface area contributed by atoms with E-state index >= 15 is 0 Å². The van der Waals surface area contributed by atoms with Crippen LogP contribution >= 0.6 is 11.8 Å². The van der Waals surface area contributed by atoms with Gasteiger partial charge in [-0.25, -0.2) is 8.79 Å². The molecule has 10 nitrogen and oxygen atoms in total. The molecule has 12 heteroatoms. The van der Waals surface area contributed by atoms with Crippen LogP contribution in [0.3, 0.4) is 0 Å². The van der Waals surface area contributed by atoms with E-state index in [0.29, 0.717) is 53.1 Å². The van der Waals surface area contributed by atoms with Crippen LogP contribution < -0.4 is 20.7 Å². The highest BCUT2D eigenvalue weighted by molar-refractivity contribution is 7.99. The Labute approximate surface area is 199 Å². The van der Waals surface area contributed by atoms with E-state index in [0.717, 1.165) is 0 Å². The third-order valence-electron chi connectivity index (χ3n) is 4.42. The summed E-state index contributed by atoms with van der Waals surface area (Å²) in [5, 5.41) is 17.8. The number of ether oxygens (including phenoxy) is 1. The van der Waals surface area contributed by atoms with E-state index in [1.165, 1.54) is 23.9 Å². The van der Waals surface area contributed by atoms with Crippen molar-refractivity contribution in [3.63, 3.8) is 0 Å². The smallest absolute Gasteiger partial charge is 0.261 e. The zero-order valence-corrected chi connectivity index (χ0v) is 19.4. The van der Waals surface area contributed by atoms with Crippen LogP contribution in [0.15, 0.2) is 53.7 Å². The second-order valence-electron chi connectivity index (χ2n) is 6.97. The number of nitrogens with one attached hydrogen (secondary N) is 3. The highest BCUT2D eigenvalue weighted by atomic mass is 32.2. The summed E-state index contributed by atoms with van der Waals surface area (Å²) in [7, 11) is 0. The zero-order valence-electron chi connectivity index (χ0n) is 18.6. The van der Waals surface area contributed by atoms with Gasteiger partial charge in [-0.15, -0.1) is 10.2 Å². The summed E-state index contributed by atoms with van der Waals surface area (Å²) < 4.78 is 20.6. The van der Waals surface area contributed by atoms with Crippen molar-refractivity contribution < 1.29 is 13.9 Å². The van der Waals surface area contributed by atoms with Gasteiger partial charge in [0.05, 0.1) is 5.75 Å². The lowest BCUT2D eigenvalue weighted by molar-refractivity contribution is -0.113. The summed E-state index contributed by atoms with van der Waals surface area (Å²) in [6.07, 6.45) is 0. The number of halogens is 1. The molecule has 1 amide bonds. The molecule has 0 aliphatic rings. The van der Waals surface area contributed by atoms with Crippen molar-refractivity contribution in [1.29, 1.82) is 0 Å². The molecule has 0 radical (unpaired) electrons. The highest BCUT2D eigenvalue weighted by Crippen LogP contribution is 2.24. The summed E-state index contributed by atoms with van der Waals surface area (Å²) >= 11 is 1.23. The number of nitrogens with zero attached hydrogens (tertiary/aromatic N) is 5. The summed E-state index contributed by atoms with van der Waals surface area (Å²) in [5.41, 5.74) is 0.607. The van der Waals surface area contributed by atoms with E-state index in [4.69, 9.17) is 4.74 Å². The third kappa shape index (κ3) is 5.70. The Kier molecular flexibility index (Phi) is 7.38. The fourth-order valence-corrected chi connectivity index (χ4v) is 3.73. The topological polar surface area (TPSA) is 118 Å². The van der Waals surface area contributed by atoms with Gasteiger partial charge in [0.2, 0.25) is 17.8 Å². The molecule has 0 bridgehead atoms. The highest BCUT2D eigenvalue weighted by Gasteiger charge is 2.16. The van der Waals surface area contributed by atoms with Gasteiger partial charge in [0.25, 0.3) is 5.78 Å². The largest absolute Gasteiger partial charge is 0.457 e. The molecule has 2 aromatic heterocycles. The lowest BCUT2D eigenvalue weighted by atomic mass is 10.3. The lowest BCUT2D eigenvalue weighted by Crippen LogP contribution is -2.15. The summed E-state index contributed by atoms with van der Waals surface area (Å²) in [6, 6.07) is 12.7. The first kappa shape index (κ1) is 23.2. The molecule has 34 heavy (non-hydrogen) atoms. The van der Waals surface area contributed by atoms with E-state index in [2.05, 4.69) is 36.1 Å². The average molecular weight is 483 g/mol. The maximum atomic E-state index is 13.3. The molecule has 0 fully saturated rings. The zero-order chi connectivity index (χ0) is 23.9. The monoisotopic (exact) mass is 482 g/mol. The number of rotatable bonds is 10. The van der Waals surface area contributed by atoms with Crippen LogP contribution in [-0.2, 0) is 4.79 Å². The Bertz CT molecular complexity index is 1280.